The van der Waals surface area contributed by atoms with Crippen molar-refractivity contribution in [2.24, 2.45) is 0 Å². The molecule has 0 atom stereocenters. The Balaban J connectivity index is 2.16. The van der Waals surface area contributed by atoms with Crippen LogP contribution in [-0.4, -0.2) is 19.0 Å². The molecule has 0 aliphatic carbocycles. The number of hydrogen-bond donors (Lipinski definition) is 1. The van der Waals surface area contributed by atoms with Gasteiger partial charge in [-0.3, -0.25) is 4.79 Å². The lowest BCUT2D eigenvalue weighted by Gasteiger charge is -2.10. The molecular formula is C15H15NO3S. The summed E-state index contributed by atoms with van der Waals surface area (Å²) >= 11 is 1.55. The third-order valence-electron chi connectivity index (χ3n) is 2.80. The Morgan fingerprint density at radius 1 is 1.30 bits per heavy atom. The van der Waals surface area contributed by atoms with E-state index in [0.29, 0.717) is 11.3 Å². The Hall–Kier alpha value is -2.14. The van der Waals surface area contributed by atoms with Crippen LogP contribution < -0.4 is 5.32 Å². The SMILES string of the molecule is COC(=O)c1cc(C)ccc1NC(=O)Cc1ccsc1. The Morgan fingerprint density at radius 3 is 2.75 bits per heavy atom. The number of thiophene rings is 1. The lowest BCUT2D eigenvalue weighted by molar-refractivity contribution is -0.115. The first-order valence-electron chi connectivity index (χ1n) is 6.10. The zero-order valence-electron chi connectivity index (χ0n) is 11.3. The van der Waals surface area contributed by atoms with E-state index in [2.05, 4.69) is 5.32 Å². The molecule has 0 saturated heterocycles. The van der Waals surface area contributed by atoms with Crippen LogP contribution in [0.3, 0.4) is 0 Å². The molecule has 0 aliphatic heterocycles. The van der Waals surface area contributed by atoms with Crippen LogP contribution in [0.4, 0.5) is 5.69 Å². The van der Waals surface area contributed by atoms with Crippen molar-refractivity contribution in [1.82, 2.24) is 0 Å². The minimum atomic E-state index is -0.459. The van der Waals surface area contributed by atoms with Crippen LogP contribution in [0.5, 0.6) is 0 Å². The Labute approximate surface area is 121 Å². The highest BCUT2D eigenvalue weighted by molar-refractivity contribution is 7.08. The standard InChI is InChI=1S/C15H15NO3S/c1-10-3-4-13(12(7-10)15(18)19-2)16-14(17)8-11-5-6-20-9-11/h3-7,9H,8H2,1-2H3,(H,16,17). The van der Waals surface area contributed by atoms with E-state index >= 15 is 0 Å². The summed E-state index contributed by atoms with van der Waals surface area (Å²) in [6.07, 6.45) is 0.290. The van der Waals surface area contributed by atoms with Crippen molar-refractivity contribution in [3.63, 3.8) is 0 Å². The Bertz CT molecular complexity index is 620. The summed E-state index contributed by atoms with van der Waals surface area (Å²) in [5.74, 6) is -0.614. The number of rotatable bonds is 4. The number of hydrogen-bond acceptors (Lipinski definition) is 4. The van der Waals surface area contributed by atoms with Crippen LogP contribution in [0.1, 0.15) is 21.5 Å². The highest BCUT2D eigenvalue weighted by Crippen LogP contribution is 2.19. The van der Waals surface area contributed by atoms with Crippen LogP contribution in [0.2, 0.25) is 0 Å². The fourth-order valence-corrected chi connectivity index (χ4v) is 2.49. The van der Waals surface area contributed by atoms with Crippen LogP contribution in [0, 0.1) is 6.92 Å². The second kappa shape index (κ2) is 6.34. The molecule has 0 aliphatic rings. The molecule has 0 bridgehead atoms. The summed E-state index contributed by atoms with van der Waals surface area (Å²) in [7, 11) is 1.32. The molecule has 0 radical (unpaired) electrons. The molecule has 104 valence electrons. The topological polar surface area (TPSA) is 55.4 Å². The molecule has 0 fully saturated rings. The molecule has 0 saturated carbocycles. The monoisotopic (exact) mass is 289 g/mol. The maximum atomic E-state index is 12.0. The van der Waals surface area contributed by atoms with E-state index in [1.807, 2.05) is 29.8 Å². The fourth-order valence-electron chi connectivity index (χ4n) is 1.82. The van der Waals surface area contributed by atoms with Gasteiger partial charge in [0.15, 0.2) is 0 Å². The molecule has 0 spiro atoms. The second-order valence-corrected chi connectivity index (χ2v) is 5.18. The maximum absolute atomic E-state index is 12.0. The first-order chi connectivity index (χ1) is 9.60. The van der Waals surface area contributed by atoms with Gasteiger partial charge >= 0.3 is 5.97 Å². The largest absolute Gasteiger partial charge is 0.465 e. The van der Waals surface area contributed by atoms with Crippen LogP contribution in [0.15, 0.2) is 35.0 Å². The van der Waals surface area contributed by atoms with Gasteiger partial charge in [-0.25, -0.2) is 4.79 Å². The van der Waals surface area contributed by atoms with Crippen molar-refractivity contribution in [2.45, 2.75) is 13.3 Å². The van der Waals surface area contributed by atoms with Crippen molar-refractivity contribution < 1.29 is 14.3 Å². The van der Waals surface area contributed by atoms with E-state index in [-0.39, 0.29) is 12.3 Å². The summed E-state index contributed by atoms with van der Waals surface area (Å²) in [6, 6.07) is 7.16. The number of carbonyl (C=O) groups is 2. The third kappa shape index (κ3) is 3.45. The number of aryl methyl sites for hydroxylation is 1. The zero-order valence-corrected chi connectivity index (χ0v) is 12.1. The molecule has 2 rings (SSSR count). The van der Waals surface area contributed by atoms with E-state index in [0.717, 1.165) is 11.1 Å². The van der Waals surface area contributed by atoms with Gasteiger partial charge in [-0.1, -0.05) is 11.6 Å². The molecular weight excluding hydrogens is 274 g/mol. The summed E-state index contributed by atoms with van der Waals surface area (Å²) < 4.78 is 4.73. The first-order valence-corrected chi connectivity index (χ1v) is 7.04. The number of ether oxygens (including phenoxy) is 1. The number of amides is 1. The summed E-state index contributed by atoms with van der Waals surface area (Å²) in [5.41, 5.74) is 2.73. The Morgan fingerprint density at radius 2 is 2.10 bits per heavy atom. The summed E-state index contributed by atoms with van der Waals surface area (Å²) in [4.78, 5) is 23.7. The predicted octanol–water partition coefficient (Wildman–Crippen LogP) is 3.02. The molecule has 5 heteroatoms. The Kier molecular flexibility index (Phi) is 4.53. The fraction of sp³-hybridized carbons (Fsp3) is 0.200. The normalized spacial score (nSPS) is 10.1. The minimum Gasteiger partial charge on any atom is -0.465 e. The van der Waals surface area contributed by atoms with Gasteiger partial charge in [0.05, 0.1) is 24.8 Å². The van der Waals surface area contributed by atoms with Crippen molar-refractivity contribution in [2.75, 3.05) is 12.4 Å². The molecule has 1 aromatic carbocycles. The smallest absolute Gasteiger partial charge is 0.339 e. The lowest BCUT2D eigenvalue weighted by Crippen LogP contribution is -2.17. The predicted molar refractivity (Wildman–Crippen MR) is 79.2 cm³/mol. The van der Waals surface area contributed by atoms with Crippen molar-refractivity contribution in [3.05, 3.63) is 51.7 Å². The molecule has 4 nitrogen and oxygen atoms in total. The molecule has 2 aromatic rings. The van der Waals surface area contributed by atoms with Crippen LogP contribution >= 0.6 is 11.3 Å². The van der Waals surface area contributed by atoms with Crippen molar-refractivity contribution >= 4 is 28.9 Å². The van der Waals surface area contributed by atoms with Gasteiger partial charge in [0.2, 0.25) is 5.91 Å². The van der Waals surface area contributed by atoms with E-state index in [4.69, 9.17) is 4.74 Å². The van der Waals surface area contributed by atoms with Crippen LogP contribution in [0.25, 0.3) is 0 Å². The number of benzene rings is 1. The highest BCUT2D eigenvalue weighted by atomic mass is 32.1. The average Bonchev–Trinajstić information content (AvgIpc) is 2.92. The molecule has 20 heavy (non-hydrogen) atoms. The second-order valence-electron chi connectivity index (χ2n) is 4.40. The van der Waals surface area contributed by atoms with Crippen molar-refractivity contribution in [1.29, 1.82) is 0 Å². The molecule has 0 unspecified atom stereocenters. The van der Waals surface area contributed by atoms with E-state index < -0.39 is 5.97 Å². The van der Waals surface area contributed by atoms with Gasteiger partial charge in [0.1, 0.15) is 0 Å². The van der Waals surface area contributed by atoms with Gasteiger partial charge in [0, 0.05) is 0 Å². The minimum absolute atomic E-state index is 0.155. The van der Waals surface area contributed by atoms with Gasteiger partial charge in [-0.05, 0) is 41.4 Å². The quantitative estimate of drug-likeness (QED) is 0.880. The number of methoxy groups -OCH3 is 1. The number of nitrogens with one attached hydrogen (secondary N) is 1. The zero-order chi connectivity index (χ0) is 14.5. The third-order valence-corrected chi connectivity index (χ3v) is 3.53. The number of anilines is 1. The van der Waals surface area contributed by atoms with Gasteiger partial charge in [0.25, 0.3) is 0 Å². The highest BCUT2D eigenvalue weighted by Gasteiger charge is 2.14. The maximum Gasteiger partial charge on any atom is 0.339 e. The lowest BCUT2D eigenvalue weighted by atomic mass is 10.1. The number of esters is 1. The van der Waals surface area contributed by atoms with Gasteiger partial charge in [-0.15, -0.1) is 0 Å². The average molecular weight is 289 g/mol. The van der Waals surface area contributed by atoms with Gasteiger partial charge in [-0.2, -0.15) is 11.3 Å². The molecule has 1 heterocycles. The molecule has 1 amide bonds. The number of carbonyl (C=O) groups excluding carboxylic acids is 2. The van der Waals surface area contributed by atoms with Crippen LogP contribution in [-0.2, 0) is 16.0 Å². The molecule has 1 aromatic heterocycles. The first kappa shape index (κ1) is 14.3. The van der Waals surface area contributed by atoms with E-state index in [1.54, 1.807) is 23.5 Å². The molecule has 1 N–H and O–H groups in total. The van der Waals surface area contributed by atoms with Gasteiger partial charge < -0.3 is 10.1 Å². The van der Waals surface area contributed by atoms with E-state index in [1.165, 1.54) is 7.11 Å². The summed E-state index contributed by atoms with van der Waals surface area (Å²) in [5, 5.41) is 6.61. The van der Waals surface area contributed by atoms with E-state index in [9.17, 15) is 9.59 Å². The van der Waals surface area contributed by atoms with Crippen molar-refractivity contribution in [3.8, 4) is 0 Å². The summed E-state index contributed by atoms with van der Waals surface area (Å²) in [6.45, 7) is 1.88.